The molecule has 1 aromatic carbocycles. The summed E-state index contributed by atoms with van der Waals surface area (Å²) in [5, 5.41) is 0. The molecule has 1 aromatic rings. The lowest BCUT2D eigenvalue weighted by Gasteiger charge is -2.26. The lowest BCUT2D eigenvalue weighted by atomic mass is 9.85. The highest BCUT2D eigenvalue weighted by atomic mass is 16.5. The SMILES string of the molecule is CCC(C)C(CN(C)C)c1ccc(OC)cc1. The summed E-state index contributed by atoms with van der Waals surface area (Å²) in [4.78, 5) is 2.26. The van der Waals surface area contributed by atoms with E-state index < -0.39 is 0 Å². The van der Waals surface area contributed by atoms with Gasteiger partial charge in [-0.15, -0.1) is 0 Å². The Morgan fingerprint density at radius 3 is 2.18 bits per heavy atom. The third kappa shape index (κ3) is 4.04. The average Bonchev–Trinajstić information content (AvgIpc) is 2.35. The Bertz CT molecular complexity index is 318. The molecule has 0 heterocycles. The summed E-state index contributed by atoms with van der Waals surface area (Å²) in [6.45, 7) is 5.69. The summed E-state index contributed by atoms with van der Waals surface area (Å²) in [5.74, 6) is 2.23. The molecule has 2 nitrogen and oxygen atoms in total. The van der Waals surface area contributed by atoms with E-state index in [4.69, 9.17) is 4.74 Å². The number of ether oxygens (including phenoxy) is 1. The second-order valence-corrected chi connectivity index (χ2v) is 5.03. The van der Waals surface area contributed by atoms with Gasteiger partial charge in [-0.1, -0.05) is 32.4 Å². The van der Waals surface area contributed by atoms with E-state index in [-0.39, 0.29) is 0 Å². The van der Waals surface area contributed by atoms with E-state index >= 15 is 0 Å². The van der Waals surface area contributed by atoms with E-state index in [2.05, 4.69) is 57.1 Å². The predicted octanol–water partition coefficient (Wildman–Crippen LogP) is 3.39. The molecule has 1 rings (SSSR count). The van der Waals surface area contributed by atoms with Gasteiger partial charge in [0.25, 0.3) is 0 Å². The van der Waals surface area contributed by atoms with Crippen molar-refractivity contribution in [3.05, 3.63) is 29.8 Å². The number of benzene rings is 1. The van der Waals surface area contributed by atoms with Crippen LogP contribution < -0.4 is 4.74 Å². The number of rotatable bonds is 6. The minimum absolute atomic E-state index is 0.598. The summed E-state index contributed by atoms with van der Waals surface area (Å²) >= 11 is 0. The van der Waals surface area contributed by atoms with Crippen LogP contribution in [0.3, 0.4) is 0 Å². The second kappa shape index (κ2) is 6.65. The normalized spacial score (nSPS) is 14.7. The molecule has 96 valence electrons. The van der Waals surface area contributed by atoms with Crippen LogP contribution in [0.1, 0.15) is 31.7 Å². The van der Waals surface area contributed by atoms with Gasteiger partial charge in [-0.25, -0.2) is 0 Å². The molecule has 0 radical (unpaired) electrons. The predicted molar refractivity (Wildman–Crippen MR) is 73.7 cm³/mol. The Morgan fingerprint density at radius 1 is 1.18 bits per heavy atom. The fourth-order valence-corrected chi connectivity index (χ4v) is 2.14. The van der Waals surface area contributed by atoms with Gasteiger partial charge in [0.05, 0.1) is 7.11 Å². The Kier molecular flexibility index (Phi) is 5.49. The molecular weight excluding hydrogens is 210 g/mol. The first kappa shape index (κ1) is 14.0. The topological polar surface area (TPSA) is 12.5 Å². The summed E-state index contributed by atoms with van der Waals surface area (Å²) in [5.41, 5.74) is 1.41. The smallest absolute Gasteiger partial charge is 0.118 e. The first-order chi connectivity index (χ1) is 8.08. The molecule has 0 spiro atoms. The van der Waals surface area contributed by atoms with Crippen molar-refractivity contribution in [3.63, 3.8) is 0 Å². The van der Waals surface area contributed by atoms with Crippen LogP contribution in [-0.2, 0) is 0 Å². The van der Waals surface area contributed by atoms with Crippen LogP contribution in [0.2, 0.25) is 0 Å². The van der Waals surface area contributed by atoms with Crippen molar-refractivity contribution in [1.82, 2.24) is 4.90 Å². The molecule has 0 N–H and O–H groups in total. The van der Waals surface area contributed by atoms with Gasteiger partial charge in [0, 0.05) is 6.54 Å². The van der Waals surface area contributed by atoms with E-state index in [0.29, 0.717) is 11.8 Å². The molecular formula is C15H25NO. The van der Waals surface area contributed by atoms with Gasteiger partial charge in [0.2, 0.25) is 0 Å². The largest absolute Gasteiger partial charge is 0.497 e. The lowest BCUT2D eigenvalue weighted by Crippen LogP contribution is -2.24. The van der Waals surface area contributed by atoms with Crippen molar-refractivity contribution in [2.75, 3.05) is 27.7 Å². The van der Waals surface area contributed by atoms with Crippen LogP contribution in [0.25, 0.3) is 0 Å². The molecule has 0 amide bonds. The van der Waals surface area contributed by atoms with E-state index in [1.807, 2.05) is 0 Å². The van der Waals surface area contributed by atoms with Crippen molar-refractivity contribution in [2.45, 2.75) is 26.2 Å². The molecule has 0 fully saturated rings. The standard InChI is InChI=1S/C15H25NO/c1-6-12(2)15(11-16(3)4)13-7-9-14(17-5)10-8-13/h7-10,12,15H,6,11H2,1-5H3. The van der Waals surface area contributed by atoms with E-state index in [9.17, 15) is 0 Å². The molecule has 0 aliphatic heterocycles. The molecule has 2 atom stereocenters. The van der Waals surface area contributed by atoms with Crippen LogP contribution in [0.15, 0.2) is 24.3 Å². The van der Waals surface area contributed by atoms with Crippen LogP contribution in [0.5, 0.6) is 5.75 Å². The molecule has 17 heavy (non-hydrogen) atoms. The summed E-state index contributed by atoms with van der Waals surface area (Å²) in [6.07, 6.45) is 1.21. The van der Waals surface area contributed by atoms with Crippen molar-refractivity contribution in [3.8, 4) is 5.75 Å². The average molecular weight is 235 g/mol. The zero-order valence-corrected chi connectivity index (χ0v) is 11.7. The fraction of sp³-hybridized carbons (Fsp3) is 0.600. The van der Waals surface area contributed by atoms with E-state index in [1.165, 1.54) is 12.0 Å². The van der Waals surface area contributed by atoms with Gasteiger partial charge in [0.1, 0.15) is 5.75 Å². The molecule has 0 saturated heterocycles. The van der Waals surface area contributed by atoms with Gasteiger partial charge >= 0.3 is 0 Å². The van der Waals surface area contributed by atoms with E-state index in [0.717, 1.165) is 12.3 Å². The Balaban J connectivity index is 2.87. The minimum Gasteiger partial charge on any atom is -0.497 e. The van der Waals surface area contributed by atoms with Gasteiger partial charge in [-0.2, -0.15) is 0 Å². The molecule has 2 heteroatoms. The second-order valence-electron chi connectivity index (χ2n) is 5.03. The first-order valence-electron chi connectivity index (χ1n) is 6.37. The summed E-state index contributed by atoms with van der Waals surface area (Å²) in [6, 6.07) is 8.50. The first-order valence-corrected chi connectivity index (χ1v) is 6.37. The van der Waals surface area contributed by atoms with Gasteiger partial charge in [-0.05, 0) is 43.6 Å². The number of hydrogen-bond donors (Lipinski definition) is 0. The maximum absolute atomic E-state index is 5.21. The Morgan fingerprint density at radius 2 is 1.76 bits per heavy atom. The summed E-state index contributed by atoms with van der Waals surface area (Å²) in [7, 11) is 5.98. The summed E-state index contributed by atoms with van der Waals surface area (Å²) < 4.78 is 5.21. The quantitative estimate of drug-likeness (QED) is 0.749. The zero-order chi connectivity index (χ0) is 12.8. The Hall–Kier alpha value is -1.02. The highest BCUT2D eigenvalue weighted by Gasteiger charge is 2.18. The third-order valence-corrected chi connectivity index (χ3v) is 3.44. The highest BCUT2D eigenvalue weighted by molar-refractivity contribution is 5.30. The van der Waals surface area contributed by atoms with Crippen molar-refractivity contribution >= 4 is 0 Å². The molecule has 0 aliphatic rings. The van der Waals surface area contributed by atoms with E-state index in [1.54, 1.807) is 7.11 Å². The molecule has 0 aliphatic carbocycles. The Labute approximate surface area is 106 Å². The molecule has 0 saturated carbocycles. The zero-order valence-electron chi connectivity index (χ0n) is 11.7. The van der Waals surface area contributed by atoms with Crippen LogP contribution in [0.4, 0.5) is 0 Å². The maximum Gasteiger partial charge on any atom is 0.118 e. The van der Waals surface area contributed by atoms with Crippen LogP contribution >= 0.6 is 0 Å². The maximum atomic E-state index is 5.21. The van der Waals surface area contributed by atoms with Crippen molar-refractivity contribution < 1.29 is 4.74 Å². The third-order valence-electron chi connectivity index (χ3n) is 3.44. The number of nitrogens with zero attached hydrogens (tertiary/aromatic N) is 1. The fourth-order valence-electron chi connectivity index (χ4n) is 2.14. The molecule has 2 unspecified atom stereocenters. The number of likely N-dealkylation sites (N-methyl/N-ethyl adjacent to an activating group) is 1. The molecule has 0 aromatic heterocycles. The number of methoxy groups -OCH3 is 1. The van der Waals surface area contributed by atoms with Gasteiger partial charge in [-0.3, -0.25) is 0 Å². The van der Waals surface area contributed by atoms with Crippen LogP contribution in [0, 0.1) is 5.92 Å². The number of hydrogen-bond acceptors (Lipinski definition) is 2. The van der Waals surface area contributed by atoms with Crippen molar-refractivity contribution in [1.29, 1.82) is 0 Å². The lowest BCUT2D eigenvalue weighted by molar-refractivity contribution is 0.314. The molecule has 0 bridgehead atoms. The van der Waals surface area contributed by atoms with Crippen molar-refractivity contribution in [2.24, 2.45) is 5.92 Å². The monoisotopic (exact) mass is 235 g/mol. The van der Waals surface area contributed by atoms with Gasteiger partial charge < -0.3 is 9.64 Å². The van der Waals surface area contributed by atoms with Gasteiger partial charge in [0.15, 0.2) is 0 Å². The minimum atomic E-state index is 0.598. The highest BCUT2D eigenvalue weighted by Crippen LogP contribution is 2.28. The van der Waals surface area contributed by atoms with Crippen LogP contribution in [-0.4, -0.2) is 32.6 Å².